The highest BCUT2D eigenvalue weighted by molar-refractivity contribution is 5.89. The quantitative estimate of drug-likeness (QED) is 0.900. The minimum atomic E-state index is -0.0613. The van der Waals surface area contributed by atoms with Crippen LogP contribution in [0.15, 0.2) is 24.5 Å². The summed E-state index contributed by atoms with van der Waals surface area (Å²) in [7, 11) is 1.66. The van der Waals surface area contributed by atoms with Crippen LogP contribution in [0.2, 0.25) is 0 Å². The Hall–Kier alpha value is -1.62. The van der Waals surface area contributed by atoms with E-state index in [0.717, 1.165) is 12.1 Å². The van der Waals surface area contributed by atoms with Crippen LogP contribution in [0.3, 0.4) is 0 Å². The third kappa shape index (κ3) is 3.70. The number of methoxy groups -OCH3 is 1. The summed E-state index contributed by atoms with van der Waals surface area (Å²) in [5.74, 6) is 0.548. The van der Waals surface area contributed by atoms with Crippen molar-refractivity contribution in [1.82, 2.24) is 9.88 Å². The largest absolute Gasteiger partial charge is 0.383 e. The Morgan fingerprint density at radius 1 is 1.55 bits per heavy atom. The van der Waals surface area contributed by atoms with Crippen LogP contribution in [0.5, 0.6) is 0 Å². The monoisotopic (exact) mass is 277 g/mol. The van der Waals surface area contributed by atoms with Gasteiger partial charge in [0, 0.05) is 25.9 Å². The molecule has 1 aromatic heterocycles. The van der Waals surface area contributed by atoms with Gasteiger partial charge in [0.15, 0.2) is 0 Å². The van der Waals surface area contributed by atoms with Gasteiger partial charge < -0.3 is 15.0 Å². The predicted molar refractivity (Wildman–Crippen MR) is 78.6 cm³/mol. The number of nitrogens with zero attached hydrogens (tertiary/aromatic N) is 2. The van der Waals surface area contributed by atoms with Gasteiger partial charge in [-0.1, -0.05) is 13.3 Å². The van der Waals surface area contributed by atoms with Crippen molar-refractivity contribution in [3.63, 3.8) is 0 Å². The minimum absolute atomic E-state index is 0.0613. The van der Waals surface area contributed by atoms with E-state index >= 15 is 0 Å². The molecule has 5 nitrogen and oxygen atoms in total. The van der Waals surface area contributed by atoms with Crippen LogP contribution in [-0.2, 0) is 4.74 Å². The van der Waals surface area contributed by atoms with E-state index in [2.05, 4.69) is 17.2 Å². The van der Waals surface area contributed by atoms with Gasteiger partial charge in [-0.05, 0) is 30.9 Å². The molecule has 2 atom stereocenters. The SMILES string of the molecule is COCCN(C(=O)Nc1cccnc1)[C@@H]1CCC[C@H]1C. The van der Waals surface area contributed by atoms with Gasteiger partial charge in [-0.25, -0.2) is 4.79 Å². The van der Waals surface area contributed by atoms with Crippen molar-refractivity contribution >= 4 is 11.7 Å². The van der Waals surface area contributed by atoms with Crippen LogP contribution in [-0.4, -0.2) is 42.2 Å². The molecule has 0 bridgehead atoms. The highest BCUT2D eigenvalue weighted by Gasteiger charge is 2.31. The topological polar surface area (TPSA) is 54.5 Å². The number of nitrogens with one attached hydrogen (secondary N) is 1. The molecule has 1 heterocycles. The van der Waals surface area contributed by atoms with E-state index < -0.39 is 0 Å². The second kappa shape index (κ2) is 7.24. The fourth-order valence-corrected chi connectivity index (χ4v) is 2.83. The van der Waals surface area contributed by atoms with Gasteiger partial charge in [0.05, 0.1) is 18.5 Å². The number of pyridine rings is 1. The molecular formula is C15H23N3O2. The fraction of sp³-hybridized carbons (Fsp3) is 0.600. The summed E-state index contributed by atoms with van der Waals surface area (Å²) in [6, 6.07) is 3.90. The average Bonchev–Trinajstić information content (AvgIpc) is 2.87. The lowest BCUT2D eigenvalue weighted by molar-refractivity contribution is 0.126. The van der Waals surface area contributed by atoms with Gasteiger partial charge in [-0.15, -0.1) is 0 Å². The first kappa shape index (κ1) is 14.8. The molecule has 1 aliphatic carbocycles. The first-order valence-electron chi connectivity index (χ1n) is 7.19. The van der Waals surface area contributed by atoms with Crippen molar-refractivity contribution in [3.05, 3.63) is 24.5 Å². The summed E-state index contributed by atoms with van der Waals surface area (Å²) in [6.45, 7) is 3.40. The van der Waals surface area contributed by atoms with Gasteiger partial charge in [-0.2, -0.15) is 0 Å². The highest BCUT2D eigenvalue weighted by atomic mass is 16.5. The third-order valence-electron chi connectivity index (χ3n) is 3.93. The van der Waals surface area contributed by atoms with Crippen LogP contribution >= 0.6 is 0 Å². The molecule has 5 heteroatoms. The van der Waals surface area contributed by atoms with Crippen molar-refractivity contribution in [2.45, 2.75) is 32.2 Å². The second-order valence-electron chi connectivity index (χ2n) is 5.33. The Morgan fingerprint density at radius 2 is 2.40 bits per heavy atom. The lowest BCUT2D eigenvalue weighted by atomic mass is 10.1. The van der Waals surface area contributed by atoms with E-state index in [9.17, 15) is 4.79 Å². The molecule has 2 rings (SSSR count). The van der Waals surface area contributed by atoms with Gasteiger partial charge in [-0.3, -0.25) is 4.98 Å². The fourth-order valence-electron chi connectivity index (χ4n) is 2.83. The lowest BCUT2D eigenvalue weighted by Gasteiger charge is -2.31. The average molecular weight is 277 g/mol. The summed E-state index contributed by atoms with van der Waals surface area (Å²) in [6.07, 6.45) is 6.80. The van der Waals surface area contributed by atoms with E-state index in [1.807, 2.05) is 17.0 Å². The Kier molecular flexibility index (Phi) is 5.35. The predicted octanol–water partition coefficient (Wildman–Crippen LogP) is 2.75. The maximum atomic E-state index is 12.5. The van der Waals surface area contributed by atoms with Gasteiger partial charge in [0.25, 0.3) is 0 Å². The van der Waals surface area contributed by atoms with Crippen LogP contribution in [0.25, 0.3) is 0 Å². The molecule has 1 fully saturated rings. The molecule has 0 aliphatic heterocycles. The Bertz CT molecular complexity index is 424. The summed E-state index contributed by atoms with van der Waals surface area (Å²) in [4.78, 5) is 18.4. The normalized spacial score (nSPS) is 21.7. The molecule has 20 heavy (non-hydrogen) atoms. The van der Waals surface area contributed by atoms with Crippen LogP contribution < -0.4 is 5.32 Å². The molecule has 1 aliphatic rings. The van der Waals surface area contributed by atoms with Gasteiger partial charge >= 0.3 is 6.03 Å². The third-order valence-corrected chi connectivity index (χ3v) is 3.93. The summed E-state index contributed by atoms with van der Waals surface area (Å²) in [5, 5.41) is 2.92. The van der Waals surface area contributed by atoms with E-state index in [1.165, 1.54) is 12.8 Å². The number of rotatable bonds is 5. The lowest BCUT2D eigenvalue weighted by Crippen LogP contribution is -2.45. The molecule has 1 aromatic rings. The molecule has 1 saturated carbocycles. The van der Waals surface area contributed by atoms with Gasteiger partial charge in [0.2, 0.25) is 0 Å². The smallest absolute Gasteiger partial charge is 0.322 e. The number of hydrogen-bond acceptors (Lipinski definition) is 3. The van der Waals surface area contributed by atoms with Crippen LogP contribution in [0, 0.1) is 5.92 Å². The molecule has 0 spiro atoms. The number of urea groups is 1. The molecule has 110 valence electrons. The zero-order chi connectivity index (χ0) is 14.4. The van der Waals surface area contributed by atoms with Crippen molar-refractivity contribution in [1.29, 1.82) is 0 Å². The Balaban J connectivity index is 2.03. The number of hydrogen-bond donors (Lipinski definition) is 1. The van der Waals surface area contributed by atoms with Crippen molar-refractivity contribution < 1.29 is 9.53 Å². The van der Waals surface area contributed by atoms with E-state index in [1.54, 1.807) is 19.5 Å². The van der Waals surface area contributed by atoms with E-state index in [4.69, 9.17) is 4.74 Å². The number of aromatic nitrogens is 1. The minimum Gasteiger partial charge on any atom is -0.383 e. The first-order valence-corrected chi connectivity index (χ1v) is 7.19. The molecule has 0 aromatic carbocycles. The van der Waals surface area contributed by atoms with Crippen LogP contribution in [0.4, 0.5) is 10.5 Å². The zero-order valence-electron chi connectivity index (χ0n) is 12.2. The Labute approximate surface area is 120 Å². The molecule has 0 saturated heterocycles. The molecular weight excluding hydrogens is 254 g/mol. The van der Waals surface area contributed by atoms with Gasteiger partial charge in [0.1, 0.15) is 0 Å². The summed E-state index contributed by atoms with van der Waals surface area (Å²) < 4.78 is 5.13. The molecule has 2 amide bonds. The molecule has 0 unspecified atom stereocenters. The van der Waals surface area contributed by atoms with E-state index in [-0.39, 0.29) is 6.03 Å². The first-order chi connectivity index (χ1) is 9.72. The van der Waals surface area contributed by atoms with E-state index in [0.29, 0.717) is 25.1 Å². The number of amides is 2. The Morgan fingerprint density at radius 3 is 3.00 bits per heavy atom. The summed E-state index contributed by atoms with van der Waals surface area (Å²) in [5.41, 5.74) is 0.727. The maximum absolute atomic E-state index is 12.5. The highest BCUT2D eigenvalue weighted by Crippen LogP contribution is 2.29. The summed E-state index contributed by atoms with van der Waals surface area (Å²) >= 11 is 0. The molecule has 1 N–H and O–H groups in total. The number of anilines is 1. The zero-order valence-corrected chi connectivity index (χ0v) is 12.2. The van der Waals surface area contributed by atoms with Crippen molar-refractivity contribution in [2.24, 2.45) is 5.92 Å². The second-order valence-corrected chi connectivity index (χ2v) is 5.33. The van der Waals surface area contributed by atoms with Crippen LogP contribution in [0.1, 0.15) is 26.2 Å². The number of carbonyl (C=O) groups is 1. The van der Waals surface area contributed by atoms with Crippen molar-refractivity contribution in [2.75, 3.05) is 25.6 Å². The van der Waals surface area contributed by atoms with Crippen molar-refractivity contribution in [3.8, 4) is 0 Å². The number of carbonyl (C=O) groups excluding carboxylic acids is 1. The standard InChI is InChI=1S/C15H23N3O2/c1-12-5-3-7-14(12)18(9-10-20-2)15(19)17-13-6-4-8-16-11-13/h4,6,8,11-12,14H,3,5,7,9-10H2,1-2H3,(H,17,19)/t12-,14-/m1/s1. The number of ether oxygens (including phenoxy) is 1. The molecule has 0 radical (unpaired) electrons. The maximum Gasteiger partial charge on any atom is 0.322 e.